The van der Waals surface area contributed by atoms with Crippen LogP contribution in [0.5, 0.6) is 0 Å². The molecule has 2 rings (SSSR count). The third-order valence-electron chi connectivity index (χ3n) is 4.41. The van der Waals surface area contributed by atoms with E-state index in [-0.39, 0.29) is 12.0 Å². The molecule has 0 aromatic heterocycles. The Morgan fingerprint density at radius 2 is 2.06 bits per heavy atom. The Kier molecular flexibility index (Phi) is 4.05. The number of carboxylic acids is 1. The fourth-order valence-corrected chi connectivity index (χ4v) is 3.13. The summed E-state index contributed by atoms with van der Waals surface area (Å²) in [6, 6.07) is 0.538. The highest BCUT2D eigenvalue weighted by molar-refractivity contribution is 5.70. The first kappa shape index (κ1) is 12.8. The van der Waals surface area contributed by atoms with E-state index in [0.717, 1.165) is 26.0 Å². The van der Waals surface area contributed by atoms with Crippen molar-refractivity contribution in [3.63, 3.8) is 0 Å². The summed E-state index contributed by atoms with van der Waals surface area (Å²) in [5.74, 6) is -1.01. The number of hydrogen-bond acceptors (Lipinski definition) is 3. The first-order valence-corrected chi connectivity index (χ1v) is 6.71. The van der Waals surface area contributed by atoms with Gasteiger partial charge in [-0.15, -0.1) is 0 Å². The monoisotopic (exact) mass is 241 g/mol. The topological polar surface area (TPSA) is 49.8 Å². The zero-order valence-corrected chi connectivity index (χ0v) is 10.8. The number of aliphatic carboxylic acids is 1. The van der Waals surface area contributed by atoms with Gasteiger partial charge in [-0.25, -0.2) is 0 Å². The average Bonchev–Trinajstić information content (AvgIpc) is 2.36. The van der Waals surface area contributed by atoms with Crippen LogP contribution < -0.4 is 0 Å². The van der Waals surface area contributed by atoms with Gasteiger partial charge in [-0.2, -0.15) is 0 Å². The summed E-state index contributed by atoms with van der Waals surface area (Å²) in [5, 5.41) is 9.12. The van der Waals surface area contributed by atoms with Crippen molar-refractivity contribution in [1.82, 2.24) is 4.90 Å². The molecule has 0 aromatic rings. The summed E-state index contributed by atoms with van der Waals surface area (Å²) >= 11 is 0. The van der Waals surface area contributed by atoms with Crippen LogP contribution in [-0.4, -0.2) is 47.3 Å². The predicted molar refractivity (Wildman–Crippen MR) is 65.0 cm³/mol. The van der Waals surface area contributed by atoms with Crippen molar-refractivity contribution < 1.29 is 14.6 Å². The van der Waals surface area contributed by atoms with Crippen LogP contribution in [0.15, 0.2) is 0 Å². The Labute approximate surface area is 103 Å². The molecule has 1 heterocycles. The second-order valence-corrected chi connectivity index (χ2v) is 5.37. The number of nitrogens with zero attached hydrogens (tertiary/aromatic N) is 1. The zero-order valence-electron chi connectivity index (χ0n) is 10.8. The largest absolute Gasteiger partial charge is 0.481 e. The van der Waals surface area contributed by atoms with Crippen molar-refractivity contribution in [3.05, 3.63) is 0 Å². The van der Waals surface area contributed by atoms with E-state index in [2.05, 4.69) is 4.90 Å². The summed E-state index contributed by atoms with van der Waals surface area (Å²) in [4.78, 5) is 13.5. The Balaban J connectivity index is 2.05. The van der Waals surface area contributed by atoms with Crippen molar-refractivity contribution in [2.24, 2.45) is 5.92 Å². The van der Waals surface area contributed by atoms with E-state index in [0.29, 0.717) is 12.1 Å². The summed E-state index contributed by atoms with van der Waals surface area (Å²) < 4.78 is 5.81. The van der Waals surface area contributed by atoms with E-state index in [9.17, 15) is 4.79 Å². The molecular weight excluding hydrogens is 218 g/mol. The third-order valence-corrected chi connectivity index (χ3v) is 4.41. The van der Waals surface area contributed by atoms with Crippen molar-refractivity contribution in [2.45, 2.75) is 57.7 Å². The van der Waals surface area contributed by atoms with E-state index in [4.69, 9.17) is 9.84 Å². The van der Waals surface area contributed by atoms with Gasteiger partial charge in [0, 0.05) is 18.6 Å². The summed E-state index contributed by atoms with van der Waals surface area (Å²) in [6.45, 7) is 5.47. The molecule has 0 radical (unpaired) electrons. The zero-order chi connectivity index (χ0) is 12.4. The van der Waals surface area contributed by atoms with E-state index in [1.807, 2.05) is 6.92 Å². The molecule has 4 atom stereocenters. The number of fused-ring (bicyclic) bond motifs is 1. The fraction of sp³-hybridized carbons (Fsp3) is 0.923. The Hall–Kier alpha value is -0.610. The highest BCUT2D eigenvalue weighted by atomic mass is 16.5. The van der Waals surface area contributed by atoms with Gasteiger partial charge in [-0.3, -0.25) is 9.69 Å². The van der Waals surface area contributed by atoms with Crippen molar-refractivity contribution in [3.8, 4) is 0 Å². The lowest BCUT2D eigenvalue weighted by Gasteiger charge is -2.47. The second-order valence-electron chi connectivity index (χ2n) is 5.37. The van der Waals surface area contributed by atoms with Crippen LogP contribution in [0.4, 0.5) is 0 Å². The standard InChI is InChI=1S/C13H23NO3/c1-9(13(15)16)10(2)14-7-8-17-12-6-4-3-5-11(12)14/h9-12H,3-8H2,1-2H3,(H,15,16). The number of hydrogen-bond donors (Lipinski definition) is 1. The van der Waals surface area contributed by atoms with Gasteiger partial charge in [0.05, 0.1) is 18.6 Å². The quantitative estimate of drug-likeness (QED) is 0.817. The van der Waals surface area contributed by atoms with Gasteiger partial charge in [-0.1, -0.05) is 19.8 Å². The van der Waals surface area contributed by atoms with Gasteiger partial charge >= 0.3 is 5.97 Å². The van der Waals surface area contributed by atoms with Crippen LogP contribution in [0.25, 0.3) is 0 Å². The normalized spacial score (nSPS) is 33.8. The first-order valence-electron chi connectivity index (χ1n) is 6.71. The van der Waals surface area contributed by atoms with E-state index >= 15 is 0 Å². The molecule has 1 aliphatic carbocycles. The maximum Gasteiger partial charge on any atom is 0.307 e. The minimum Gasteiger partial charge on any atom is -0.481 e. The van der Waals surface area contributed by atoms with Gasteiger partial charge in [0.1, 0.15) is 0 Å². The first-order chi connectivity index (χ1) is 8.11. The minimum atomic E-state index is -0.698. The summed E-state index contributed by atoms with van der Waals surface area (Å²) in [5.41, 5.74) is 0. The minimum absolute atomic E-state index is 0.0991. The molecule has 4 unspecified atom stereocenters. The van der Waals surface area contributed by atoms with E-state index in [1.54, 1.807) is 6.92 Å². The highest BCUT2D eigenvalue weighted by Gasteiger charge is 2.38. The Bertz CT molecular complexity index is 280. The number of morpholine rings is 1. The lowest BCUT2D eigenvalue weighted by molar-refractivity contribution is -0.148. The molecule has 4 nitrogen and oxygen atoms in total. The molecule has 4 heteroatoms. The molecule has 0 amide bonds. The molecule has 1 N–H and O–H groups in total. The number of ether oxygens (including phenoxy) is 1. The van der Waals surface area contributed by atoms with Crippen molar-refractivity contribution in [1.29, 1.82) is 0 Å². The number of carboxylic acid groups (broad SMARTS) is 1. The molecule has 1 saturated heterocycles. The molecule has 1 aliphatic heterocycles. The molecule has 17 heavy (non-hydrogen) atoms. The maximum atomic E-state index is 11.1. The van der Waals surface area contributed by atoms with Gasteiger partial charge in [0.15, 0.2) is 0 Å². The molecule has 2 fully saturated rings. The van der Waals surface area contributed by atoms with Crippen LogP contribution in [0.2, 0.25) is 0 Å². The van der Waals surface area contributed by atoms with E-state index < -0.39 is 5.97 Å². The van der Waals surface area contributed by atoms with Crippen LogP contribution >= 0.6 is 0 Å². The van der Waals surface area contributed by atoms with E-state index in [1.165, 1.54) is 12.8 Å². The SMILES string of the molecule is CC(C(=O)O)C(C)N1CCOC2CCCCC21. The fourth-order valence-electron chi connectivity index (χ4n) is 3.13. The molecule has 1 saturated carbocycles. The Morgan fingerprint density at radius 3 is 2.76 bits per heavy atom. The summed E-state index contributed by atoms with van der Waals surface area (Å²) in [7, 11) is 0. The molecule has 0 bridgehead atoms. The molecule has 98 valence electrons. The number of rotatable bonds is 3. The van der Waals surface area contributed by atoms with Crippen LogP contribution in [0.1, 0.15) is 39.5 Å². The average molecular weight is 241 g/mol. The third kappa shape index (κ3) is 2.63. The van der Waals surface area contributed by atoms with Crippen molar-refractivity contribution >= 4 is 5.97 Å². The molecule has 0 aromatic carbocycles. The summed E-state index contributed by atoms with van der Waals surface area (Å²) in [6.07, 6.45) is 5.12. The maximum absolute atomic E-state index is 11.1. The predicted octanol–water partition coefficient (Wildman–Crippen LogP) is 1.74. The second kappa shape index (κ2) is 5.36. The van der Waals surface area contributed by atoms with Gasteiger partial charge in [-0.05, 0) is 19.8 Å². The molecule has 0 spiro atoms. The van der Waals surface area contributed by atoms with Crippen LogP contribution in [-0.2, 0) is 9.53 Å². The number of carbonyl (C=O) groups is 1. The highest BCUT2D eigenvalue weighted by Crippen LogP contribution is 2.31. The van der Waals surface area contributed by atoms with Gasteiger partial charge in [0.2, 0.25) is 0 Å². The molecule has 2 aliphatic rings. The van der Waals surface area contributed by atoms with Gasteiger partial charge in [0.25, 0.3) is 0 Å². The lowest BCUT2D eigenvalue weighted by atomic mass is 9.88. The van der Waals surface area contributed by atoms with Gasteiger partial charge < -0.3 is 9.84 Å². The lowest BCUT2D eigenvalue weighted by Crippen LogP contribution is -2.57. The van der Waals surface area contributed by atoms with Crippen LogP contribution in [0, 0.1) is 5.92 Å². The smallest absolute Gasteiger partial charge is 0.307 e. The van der Waals surface area contributed by atoms with Crippen LogP contribution in [0.3, 0.4) is 0 Å². The molecular formula is C13H23NO3. The Morgan fingerprint density at radius 1 is 1.35 bits per heavy atom. The van der Waals surface area contributed by atoms with Crippen molar-refractivity contribution in [2.75, 3.05) is 13.2 Å².